The number of hydrogen-bond donors (Lipinski definition) is 1. The van der Waals surface area contributed by atoms with E-state index in [2.05, 4.69) is 22.6 Å². The van der Waals surface area contributed by atoms with E-state index in [9.17, 15) is 14.0 Å². The van der Waals surface area contributed by atoms with Crippen LogP contribution < -0.4 is 5.32 Å². The highest BCUT2D eigenvalue weighted by Gasteiger charge is 2.28. The molecule has 1 aliphatic rings. The Morgan fingerprint density at radius 1 is 1.12 bits per heavy atom. The molecule has 1 aromatic heterocycles. The molecule has 1 aliphatic heterocycles. The van der Waals surface area contributed by atoms with Crippen molar-refractivity contribution >= 4 is 11.8 Å². The first-order chi connectivity index (χ1) is 16.0. The molecule has 3 aromatic rings. The number of nitrogens with one attached hydrogen (secondary N) is 1. The van der Waals surface area contributed by atoms with Crippen LogP contribution in [0.4, 0.5) is 4.39 Å². The van der Waals surface area contributed by atoms with E-state index >= 15 is 0 Å². The van der Waals surface area contributed by atoms with Crippen LogP contribution in [0.15, 0.2) is 65.2 Å². The van der Waals surface area contributed by atoms with Crippen molar-refractivity contribution in [3.05, 3.63) is 89.1 Å². The van der Waals surface area contributed by atoms with Crippen LogP contribution >= 0.6 is 0 Å². The molecular weight excluding hydrogens is 421 g/mol. The summed E-state index contributed by atoms with van der Waals surface area (Å²) in [5.74, 6) is -0.788. The first kappa shape index (κ1) is 22.7. The summed E-state index contributed by atoms with van der Waals surface area (Å²) >= 11 is 0. The lowest BCUT2D eigenvalue weighted by molar-refractivity contribution is 0.0706. The summed E-state index contributed by atoms with van der Waals surface area (Å²) in [5, 5.41) is 7.07. The van der Waals surface area contributed by atoms with Gasteiger partial charge in [0.1, 0.15) is 5.82 Å². The Hall–Kier alpha value is -3.48. The molecule has 0 spiro atoms. The number of aromatic nitrogens is 1. The largest absolute Gasteiger partial charge is 0.351 e. The quantitative estimate of drug-likeness (QED) is 0.573. The molecule has 4 rings (SSSR count). The average molecular weight is 450 g/mol. The third kappa shape index (κ3) is 5.66. The Kier molecular flexibility index (Phi) is 7.17. The smallest absolute Gasteiger partial charge is 0.290 e. The van der Waals surface area contributed by atoms with Crippen molar-refractivity contribution in [1.82, 2.24) is 15.4 Å². The minimum absolute atomic E-state index is 0.00103. The van der Waals surface area contributed by atoms with Crippen LogP contribution in [0, 0.1) is 5.82 Å². The molecule has 0 saturated carbocycles. The predicted molar refractivity (Wildman–Crippen MR) is 122 cm³/mol. The van der Waals surface area contributed by atoms with Crippen LogP contribution in [0.3, 0.4) is 0 Å². The van der Waals surface area contributed by atoms with Crippen molar-refractivity contribution < 1.29 is 18.5 Å². The zero-order valence-electron chi connectivity index (χ0n) is 18.7. The molecule has 1 N–H and O–H groups in total. The van der Waals surface area contributed by atoms with Gasteiger partial charge in [-0.1, -0.05) is 47.6 Å². The predicted octanol–water partition coefficient (Wildman–Crippen LogP) is 4.58. The van der Waals surface area contributed by atoms with E-state index in [1.807, 2.05) is 25.1 Å². The summed E-state index contributed by atoms with van der Waals surface area (Å²) in [5.41, 5.74) is 2.05. The van der Waals surface area contributed by atoms with Crippen molar-refractivity contribution in [3.8, 4) is 0 Å². The fraction of sp³-hybridized carbons (Fsp3) is 0.346. The van der Waals surface area contributed by atoms with Crippen LogP contribution in [-0.4, -0.2) is 41.0 Å². The maximum absolute atomic E-state index is 13.9. The highest BCUT2D eigenvalue weighted by molar-refractivity contribution is 5.94. The Balaban J connectivity index is 1.27. The minimum Gasteiger partial charge on any atom is -0.351 e. The first-order valence-corrected chi connectivity index (χ1v) is 11.4. The molecular formula is C26H28FN3O3. The Labute approximate surface area is 192 Å². The molecule has 172 valence electrons. The van der Waals surface area contributed by atoms with Gasteiger partial charge in [0.2, 0.25) is 5.76 Å². The third-order valence-corrected chi connectivity index (χ3v) is 6.14. The molecule has 1 saturated heterocycles. The van der Waals surface area contributed by atoms with Crippen LogP contribution in [0.2, 0.25) is 0 Å². The van der Waals surface area contributed by atoms with Crippen molar-refractivity contribution in [3.63, 3.8) is 0 Å². The third-order valence-electron chi connectivity index (χ3n) is 6.14. The monoisotopic (exact) mass is 449 g/mol. The number of likely N-dealkylation sites (tertiary alicyclic amines) is 1. The van der Waals surface area contributed by atoms with Crippen molar-refractivity contribution in [2.45, 2.75) is 44.6 Å². The summed E-state index contributed by atoms with van der Waals surface area (Å²) in [7, 11) is 0. The lowest BCUT2D eigenvalue weighted by Crippen LogP contribution is -2.38. The van der Waals surface area contributed by atoms with Gasteiger partial charge in [0.25, 0.3) is 11.8 Å². The highest BCUT2D eigenvalue weighted by Crippen LogP contribution is 2.28. The molecule has 2 aromatic carbocycles. The van der Waals surface area contributed by atoms with Crippen molar-refractivity contribution in [2.75, 3.05) is 13.1 Å². The first-order valence-electron chi connectivity index (χ1n) is 11.4. The molecule has 2 heterocycles. The van der Waals surface area contributed by atoms with E-state index in [1.165, 1.54) is 17.7 Å². The maximum atomic E-state index is 13.9. The summed E-state index contributed by atoms with van der Waals surface area (Å²) < 4.78 is 19.2. The SMILES string of the molecule is C[C@@H](CCc1ccccc1)NC(=O)c1cc(C2CCN(C(=O)c3ccccc3F)CC2)no1. The summed E-state index contributed by atoms with van der Waals surface area (Å²) in [6.45, 7) is 2.98. The fourth-order valence-corrected chi connectivity index (χ4v) is 4.17. The van der Waals surface area contributed by atoms with E-state index in [0.717, 1.165) is 18.5 Å². The number of nitrogens with zero attached hydrogens (tertiary/aromatic N) is 2. The molecule has 0 radical (unpaired) electrons. The van der Waals surface area contributed by atoms with E-state index in [-0.39, 0.29) is 35.1 Å². The summed E-state index contributed by atoms with van der Waals surface area (Å²) in [6.07, 6.45) is 3.07. The molecule has 2 amide bonds. The highest BCUT2D eigenvalue weighted by atomic mass is 19.1. The van der Waals surface area contributed by atoms with Crippen molar-refractivity contribution in [2.24, 2.45) is 0 Å². The molecule has 0 unspecified atom stereocenters. The van der Waals surface area contributed by atoms with Gasteiger partial charge in [0, 0.05) is 31.1 Å². The zero-order valence-corrected chi connectivity index (χ0v) is 18.7. The van der Waals surface area contributed by atoms with Gasteiger partial charge in [0.05, 0.1) is 11.3 Å². The molecule has 0 aliphatic carbocycles. The number of piperidine rings is 1. The molecule has 7 heteroatoms. The number of rotatable bonds is 7. The van der Waals surface area contributed by atoms with Gasteiger partial charge in [-0.2, -0.15) is 0 Å². The number of benzene rings is 2. The van der Waals surface area contributed by atoms with Crippen LogP contribution in [0.1, 0.15) is 64.3 Å². The Morgan fingerprint density at radius 3 is 2.55 bits per heavy atom. The molecule has 33 heavy (non-hydrogen) atoms. The molecule has 6 nitrogen and oxygen atoms in total. The summed E-state index contributed by atoms with van der Waals surface area (Å²) in [6, 6.07) is 17.9. The average Bonchev–Trinajstić information content (AvgIpc) is 3.34. The van der Waals surface area contributed by atoms with E-state index in [4.69, 9.17) is 4.52 Å². The number of halogens is 1. The lowest BCUT2D eigenvalue weighted by atomic mass is 9.93. The van der Waals surface area contributed by atoms with E-state index in [1.54, 1.807) is 23.1 Å². The van der Waals surface area contributed by atoms with Gasteiger partial charge < -0.3 is 14.7 Å². The van der Waals surface area contributed by atoms with Crippen molar-refractivity contribution in [1.29, 1.82) is 0 Å². The normalized spacial score (nSPS) is 15.3. The minimum atomic E-state index is -0.505. The molecule has 1 fully saturated rings. The fourth-order valence-electron chi connectivity index (χ4n) is 4.17. The van der Waals surface area contributed by atoms with Gasteiger partial charge in [-0.3, -0.25) is 9.59 Å². The second-order valence-corrected chi connectivity index (χ2v) is 8.56. The van der Waals surface area contributed by atoms with Crippen LogP contribution in [0.25, 0.3) is 0 Å². The van der Waals surface area contributed by atoms with Gasteiger partial charge in [-0.15, -0.1) is 0 Å². The second-order valence-electron chi connectivity index (χ2n) is 8.56. The van der Waals surface area contributed by atoms with Gasteiger partial charge in [0.15, 0.2) is 0 Å². The number of carbonyl (C=O) groups is 2. The Morgan fingerprint density at radius 2 is 1.82 bits per heavy atom. The lowest BCUT2D eigenvalue weighted by Gasteiger charge is -2.31. The Bertz CT molecular complexity index is 1090. The number of aryl methyl sites for hydroxylation is 1. The number of amides is 2. The van der Waals surface area contributed by atoms with Gasteiger partial charge in [-0.05, 0) is 50.3 Å². The molecule has 1 atom stereocenters. The molecule has 0 bridgehead atoms. The van der Waals surface area contributed by atoms with Crippen LogP contribution in [-0.2, 0) is 6.42 Å². The van der Waals surface area contributed by atoms with E-state index in [0.29, 0.717) is 25.9 Å². The number of hydrogen-bond acceptors (Lipinski definition) is 4. The van der Waals surface area contributed by atoms with E-state index < -0.39 is 5.82 Å². The maximum Gasteiger partial charge on any atom is 0.290 e. The van der Waals surface area contributed by atoms with Gasteiger partial charge >= 0.3 is 0 Å². The van der Waals surface area contributed by atoms with Gasteiger partial charge in [-0.25, -0.2) is 4.39 Å². The topological polar surface area (TPSA) is 75.4 Å². The number of carbonyl (C=O) groups excluding carboxylic acids is 2. The standard InChI is InChI=1S/C26H28FN3O3/c1-18(11-12-19-7-3-2-4-8-19)28-25(31)24-17-23(29-33-24)20-13-15-30(16-14-20)26(32)21-9-5-6-10-22(21)27/h2-10,17-18,20H,11-16H2,1H3,(H,28,31)/t18-/m0/s1. The zero-order chi connectivity index (χ0) is 23.2. The van der Waals surface area contributed by atoms with Crippen LogP contribution in [0.5, 0.6) is 0 Å². The summed E-state index contributed by atoms with van der Waals surface area (Å²) in [4.78, 5) is 26.8. The second kappa shape index (κ2) is 10.4.